The van der Waals surface area contributed by atoms with Crippen LogP contribution in [0.5, 0.6) is 0 Å². The SMILES string of the molecule is O=C(c1ccoc1)N1CCN(S(=O)(=O)c2cccnc2)CC1. The van der Waals surface area contributed by atoms with Crippen molar-refractivity contribution in [1.82, 2.24) is 14.2 Å². The van der Waals surface area contributed by atoms with E-state index in [0.29, 0.717) is 18.7 Å². The van der Waals surface area contributed by atoms with Gasteiger partial charge in [-0.15, -0.1) is 0 Å². The topological polar surface area (TPSA) is 83.7 Å². The van der Waals surface area contributed by atoms with E-state index in [-0.39, 0.29) is 23.9 Å². The number of hydrogen-bond acceptors (Lipinski definition) is 5. The lowest BCUT2D eigenvalue weighted by molar-refractivity contribution is 0.0697. The Morgan fingerprint density at radius 3 is 2.55 bits per heavy atom. The lowest BCUT2D eigenvalue weighted by Gasteiger charge is -2.33. The second-order valence-electron chi connectivity index (χ2n) is 4.90. The molecule has 1 amide bonds. The average molecular weight is 321 g/mol. The van der Waals surface area contributed by atoms with Crippen molar-refractivity contribution >= 4 is 15.9 Å². The molecule has 3 rings (SSSR count). The summed E-state index contributed by atoms with van der Waals surface area (Å²) in [5.41, 5.74) is 0.476. The largest absolute Gasteiger partial charge is 0.472 e. The van der Waals surface area contributed by atoms with Gasteiger partial charge in [-0.1, -0.05) is 0 Å². The molecule has 0 bridgehead atoms. The zero-order chi connectivity index (χ0) is 15.6. The Bertz CT molecular complexity index is 736. The van der Waals surface area contributed by atoms with Gasteiger partial charge >= 0.3 is 0 Å². The number of furan rings is 1. The van der Waals surface area contributed by atoms with Gasteiger partial charge in [0.1, 0.15) is 11.2 Å². The Kier molecular flexibility index (Phi) is 3.95. The molecule has 0 radical (unpaired) electrons. The summed E-state index contributed by atoms with van der Waals surface area (Å²) in [6.07, 6.45) is 5.69. The molecule has 0 saturated carbocycles. The molecule has 8 heteroatoms. The molecule has 7 nitrogen and oxygen atoms in total. The lowest BCUT2D eigenvalue weighted by atomic mass is 10.2. The highest BCUT2D eigenvalue weighted by atomic mass is 32.2. The molecule has 0 aliphatic carbocycles. The minimum absolute atomic E-state index is 0.146. The third-order valence-corrected chi connectivity index (χ3v) is 5.45. The molecule has 1 aliphatic heterocycles. The summed E-state index contributed by atoms with van der Waals surface area (Å²) in [4.78, 5) is 17.8. The van der Waals surface area contributed by atoms with Crippen molar-refractivity contribution in [2.75, 3.05) is 26.2 Å². The number of hydrogen-bond donors (Lipinski definition) is 0. The Labute approximate surface area is 128 Å². The molecule has 0 aromatic carbocycles. The van der Waals surface area contributed by atoms with E-state index in [1.165, 1.54) is 35.3 Å². The van der Waals surface area contributed by atoms with Crippen LogP contribution < -0.4 is 0 Å². The molecule has 0 unspecified atom stereocenters. The molecular weight excluding hydrogens is 306 g/mol. The van der Waals surface area contributed by atoms with Crippen LogP contribution in [0.3, 0.4) is 0 Å². The number of amides is 1. The summed E-state index contributed by atoms with van der Waals surface area (Å²) in [7, 11) is -3.55. The first-order valence-corrected chi connectivity index (χ1v) is 8.25. The molecule has 22 heavy (non-hydrogen) atoms. The normalized spacial score (nSPS) is 16.6. The van der Waals surface area contributed by atoms with Crippen molar-refractivity contribution in [2.45, 2.75) is 4.90 Å². The number of carbonyl (C=O) groups excluding carboxylic acids is 1. The zero-order valence-electron chi connectivity index (χ0n) is 11.8. The van der Waals surface area contributed by atoms with Crippen LogP contribution in [0.1, 0.15) is 10.4 Å². The van der Waals surface area contributed by atoms with Gasteiger partial charge in [-0.05, 0) is 18.2 Å². The molecule has 2 aromatic heterocycles. The van der Waals surface area contributed by atoms with Crippen LogP contribution in [0.15, 0.2) is 52.4 Å². The van der Waals surface area contributed by atoms with Crippen LogP contribution in [0.4, 0.5) is 0 Å². The van der Waals surface area contributed by atoms with Crippen molar-refractivity contribution in [1.29, 1.82) is 0 Å². The second-order valence-corrected chi connectivity index (χ2v) is 6.83. The van der Waals surface area contributed by atoms with E-state index in [9.17, 15) is 13.2 Å². The molecule has 0 atom stereocenters. The molecule has 2 aromatic rings. The van der Waals surface area contributed by atoms with Crippen LogP contribution in [-0.4, -0.2) is 54.7 Å². The highest BCUT2D eigenvalue weighted by molar-refractivity contribution is 7.89. The van der Waals surface area contributed by atoms with Gasteiger partial charge in [0.05, 0.1) is 11.8 Å². The molecule has 116 valence electrons. The maximum atomic E-state index is 12.5. The first-order valence-electron chi connectivity index (χ1n) is 6.81. The fraction of sp³-hybridized carbons (Fsp3) is 0.286. The number of aromatic nitrogens is 1. The minimum Gasteiger partial charge on any atom is -0.472 e. The van der Waals surface area contributed by atoms with E-state index in [1.54, 1.807) is 17.0 Å². The first kappa shape index (κ1) is 14.7. The van der Waals surface area contributed by atoms with Gasteiger partial charge in [-0.2, -0.15) is 4.31 Å². The smallest absolute Gasteiger partial charge is 0.257 e. The fourth-order valence-corrected chi connectivity index (χ4v) is 3.74. The number of pyridine rings is 1. The Morgan fingerprint density at radius 2 is 1.95 bits per heavy atom. The van der Waals surface area contributed by atoms with E-state index in [4.69, 9.17) is 4.42 Å². The van der Waals surface area contributed by atoms with Gasteiger partial charge in [-0.3, -0.25) is 9.78 Å². The predicted octanol–water partition coefficient (Wildman–Crippen LogP) is 0.821. The molecule has 0 spiro atoms. The lowest BCUT2D eigenvalue weighted by Crippen LogP contribution is -2.50. The summed E-state index contributed by atoms with van der Waals surface area (Å²) < 4.78 is 31.2. The van der Waals surface area contributed by atoms with E-state index in [0.717, 1.165) is 0 Å². The Balaban J connectivity index is 1.68. The van der Waals surface area contributed by atoms with Gasteiger partial charge in [0.2, 0.25) is 10.0 Å². The maximum Gasteiger partial charge on any atom is 0.257 e. The molecule has 3 heterocycles. The van der Waals surface area contributed by atoms with Gasteiger partial charge in [0, 0.05) is 38.6 Å². The number of piperazine rings is 1. The number of sulfonamides is 1. The molecule has 0 N–H and O–H groups in total. The monoisotopic (exact) mass is 321 g/mol. The van der Waals surface area contributed by atoms with Crippen LogP contribution in [0, 0.1) is 0 Å². The molecule has 1 saturated heterocycles. The van der Waals surface area contributed by atoms with E-state index in [2.05, 4.69) is 4.98 Å². The first-order chi connectivity index (χ1) is 10.6. The second kappa shape index (κ2) is 5.90. The summed E-state index contributed by atoms with van der Waals surface area (Å²) in [6.45, 7) is 1.23. The van der Waals surface area contributed by atoms with Crippen LogP contribution in [-0.2, 0) is 10.0 Å². The van der Waals surface area contributed by atoms with Crippen LogP contribution in [0.25, 0.3) is 0 Å². The fourth-order valence-electron chi connectivity index (χ4n) is 2.35. The molecule has 1 fully saturated rings. The highest BCUT2D eigenvalue weighted by Gasteiger charge is 2.30. The third kappa shape index (κ3) is 2.75. The maximum absolute atomic E-state index is 12.5. The summed E-state index contributed by atoms with van der Waals surface area (Å²) in [6, 6.07) is 4.71. The van der Waals surface area contributed by atoms with Crippen LogP contribution in [0.2, 0.25) is 0 Å². The van der Waals surface area contributed by atoms with Crippen molar-refractivity contribution in [3.8, 4) is 0 Å². The Morgan fingerprint density at radius 1 is 1.18 bits per heavy atom. The van der Waals surface area contributed by atoms with E-state index >= 15 is 0 Å². The van der Waals surface area contributed by atoms with E-state index in [1.807, 2.05) is 0 Å². The van der Waals surface area contributed by atoms with Crippen molar-refractivity contribution in [3.05, 3.63) is 48.7 Å². The molecule has 1 aliphatic rings. The van der Waals surface area contributed by atoms with Gasteiger partial charge < -0.3 is 9.32 Å². The van der Waals surface area contributed by atoms with Crippen molar-refractivity contribution in [2.24, 2.45) is 0 Å². The average Bonchev–Trinajstić information content (AvgIpc) is 3.09. The van der Waals surface area contributed by atoms with Gasteiger partial charge in [0.25, 0.3) is 5.91 Å². The van der Waals surface area contributed by atoms with Crippen LogP contribution >= 0.6 is 0 Å². The number of nitrogens with zero attached hydrogens (tertiary/aromatic N) is 3. The molecular formula is C14H15N3O4S. The highest BCUT2D eigenvalue weighted by Crippen LogP contribution is 2.17. The third-order valence-electron chi connectivity index (χ3n) is 3.57. The van der Waals surface area contributed by atoms with E-state index < -0.39 is 10.0 Å². The van der Waals surface area contributed by atoms with Crippen molar-refractivity contribution in [3.63, 3.8) is 0 Å². The summed E-state index contributed by atoms with van der Waals surface area (Å²) >= 11 is 0. The predicted molar refractivity (Wildman–Crippen MR) is 77.6 cm³/mol. The summed E-state index contributed by atoms with van der Waals surface area (Å²) in [5, 5.41) is 0. The van der Waals surface area contributed by atoms with Gasteiger partial charge in [0.15, 0.2) is 0 Å². The Hall–Kier alpha value is -2.19. The number of carbonyl (C=O) groups is 1. The summed E-state index contributed by atoms with van der Waals surface area (Å²) in [5.74, 6) is -0.146. The number of rotatable bonds is 3. The standard InChI is InChI=1S/C14H15N3O4S/c18-14(12-3-9-21-11-12)16-5-7-17(8-6-16)22(19,20)13-2-1-4-15-10-13/h1-4,9-11H,5-8H2. The van der Waals surface area contributed by atoms with Gasteiger partial charge in [-0.25, -0.2) is 8.42 Å². The minimum atomic E-state index is -3.55. The van der Waals surface area contributed by atoms with Crippen molar-refractivity contribution < 1.29 is 17.6 Å². The quantitative estimate of drug-likeness (QED) is 0.836. The zero-order valence-corrected chi connectivity index (χ0v) is 12.6.